The van der Waals surface area contributed by atoms with Gasteiger partial charge in [0.15, 0.2) is 11.9 Å². The molecule has 0 fully saturated rings. The molecule has 2 aromatic carbocycles. The maximum absolute atomic E-state index is 12.6. The molecule has 0 saturated heterocycles. The molecule has 1 amide bonds. The lowest BCUT2D eigenvalue weighted by Gasteiger charge is -2.27. The normalized spacial score (nSPS) is 17.1. The van der Waals surface area contributed by atoms with Gasteiger partial charge in [-0.05, 0) is 61.6 Å². The number of amides is 1. The lowest BCUT2D eigenvalue weighted by atomic mass is 9.87. The third kappa shape index (κ3) is 4.13. The SMILES string of the molecule is CCC(=O)c1ccc(O[C@@H](C)C(=O)N[C@@H]2CCCc3ccccc32)cc1. The summed E-state index contributed by atoms with van der Waals surface area (Å²) in [4.78, 5) is 24.2. The zero-order valence-corrected chi connectivity index (χ0v) is 15.3. The number of rotatable bonds is 6. The fourth-order valence-electron chi connectivity index (χ4n) is 3.37. The predicted octanol–water partition coefficient (Wildman–Crippen LogP) is 4.24. The largest absolute Gasteiger partial charge is 0.481 e. The van der Waals surface area contributed by atoms with E-state index in [2.05, 4.69) is 17.4 Å². The maximum Gasteiger partial charge on any atom is 0.261 e. The number of ether oxygens (including phenoxy) is 1. The van der Waals surface area contributed by atoms with Crippen LogP contribution in [0.1, 0.15) is 60.6 Å². The van der Waals surface area contributed by atoms with Gasteiger partial charge >= 0.3 is 0 Å². The summed E-state index contributed by atoms with van der Waals surface area (Å²) in [5.41, 5.74) is 3.19. The highest BCUT2D eigenvalue weighted by atomic mass is 16.5. The zero-order valence-electron chi connectivity index (χ0n) is 15.3. The van der Waals surface area contributed by atoms with Crippen molar-refractivity contribution in [3.05, 3.63) is 65.2 Å². The average Bonchev–Trinajstić information content (AvgIpc) is 2.68. The number of ketones is 1. The van der Waals surface area contributed by atoms with Crippen LogP contribution in [0.3, 0.4) is 0 Å². The lowest BCUT2D eigenvalue weighted by molar-refractivity contribution is -0.128. The number of hydrogen-bond donors (Lipinski definition) is 1. The van der Waals surface area contributed by atoms with Crippen LogP contribution in [0, 0.1) is 0 Å². The summed E-state index contributed by atoms with van der Waals surface area (Å²) in [6.07, 6.45) is 2.96. The Kier molecular flexibility index (Phi) is 5.71. The van der Waals surface area contributed by atoms with Crippen LogP contribution in [0.15, 0.2) is 48.5 Å². The summed E-state index contributed by atoms with van der Waals surface area (Å²) < 4.78 is 5.75. The van der Waals surface area contributed by atoms with Crippen molar-refractivity contribution in [3.8, 4) is 5.75 Å². The van der Waals surface area contributed by atoms with E-state index in [0.717, 1.165) is 19.3 Å². The molecule has 4 heteroatoms. The molecule has 26 heavy (non-hydrogen) atoms. The van der Waals surface area contributed by atoms with Crippen molar-refractivity contribution in [1.29, 1.82) is 0 Å². The van der Waals surface area contributed by atoms with E-state index >= 15 is 0 Å². The molecule has 4 nitrogen and oxygen atoms in total. The molecular weight excluding hydrogens is 326 g/mol. The molecule has 3 rings (SSSR count). The minimum atomic E-state index is -0.600. The van der Waals surface area contributed by atoms with Crippen molar-refractivity contribution in [2.75, 3.05) is 0 Å². The summed E-state index contributed by atoms with van der Waals surface area (Å²) in [5.74, 6) is 0.558. The molecule has 1 aliphatic rings. The lowest BCUT2D eigenvalue weighted by Crippen LogP contribution is -2.39. The summed E-state index contributed by atoms with van der Waals surface area (Å²) in [6, 6.07) is 15.3. The van der Waals surface area contributed by atoms with Crippen LogP contribution in [-0.4, -0.2) is 17.8 Å². The Morgan fingerprint density at radius 1 is 1.15 bits per heavy atom. The monoisotopic (exact) mass is 351 g/mol. The smallest absolute Gasteiger partial charge is 0.261 e. The van der Waals surface area contributed by atoms with Gasteiger partial charge in [0.1, 0.15) is 5.75 Å². The van der Waals surface area contributed by atoms with Crippen LogP contribution in [0.4, 0.5) is 0 Å². The second-order valence-corrected chi connectivity index (χ2v) is 6.71. The first-order valence-electron chi connectivity index (χ1n) is 9.26. The summed E-state index contributed by atoms with van der Waals surface area (Å²) >= 11 is 0. The number of fused-ring (bicyclic) bond motifs is 1. The van der Waals surface area contributed by atoms with Crippen LogP contribution >= 0.6 is 0 Å². The second-order valence-electron chi connectivity index (χ2n) is 6.71. The molecule has 0 aliphatic heterocycles. The van der Waals surface area contributed by atoms with Crippen molar-refractivity contribution in [2.45, 2.75) is 51.7 Å². The summed E-state index contributed by atoms with van der Waals surface area (Å²) in [5, 5.41) is 3.12. The first kappa shape index (κ1) is 18.2. The average molecular weight is 351 g/mol. The highest BCUT2D eigenvalue weighted by Gasteiger charge is 2.24. The van der Waals surface area contributed by atoms with E-state index in [4.69, 9.17) is 4.74 Å². The molecule has 0 aromatic heterocycles. The number of nitrogens with one attached hydrogen (secondary N) is 1. The number of benzene rings is 2. The third-order valence-electron chi connectivity index (χ3n) is 4.87. The fourth-order valence-corrected chi connectivity index (χ4v) is 3.37. The molecule has 0 saturated carbocycles. The standard InChI is InChI=1S/C22H25NO3/c1-3-21(24)17-11-13-18(14-12-17)26-15(2)22(25)23-20-10-6-8-16-7-4-5-9-19(16)20/h4-5,7,9,11-15,20H,3,6,8,10H2,1-2H3,(H,23,25)/t15-,20+/m0/s1. The van der Waals surface area contributed by atoms with Crippen LogP contribution in [0.5, 0.6) is 5.75 Å². The van der Waals surface area contributed by atoms with E-state index < -0.39 is 6.10 Å². The van der Waals surface area contributed by atoms with Gasteiger partial charge in [0.25, 0.3) is 5.91 Å². The minimum Gasteiger partial charge on any atom is -0.481 e. The zero-order chi connectivity index (χ0) is 18.5. The molecule has 2 aromatic rings. The van der Waals surface area contributed by atoms with Crippen LogP contribution in [0.2, 0.25) is 0 Å². The van der Waals surface area contributed by atoms with E-state index in [1.54, 1.807) is 31.2 Å². The number of hydrogen-bond acceptors (Lipinski definition) is 3. The molecule has 136 valence electrons. The molecule has 1 N–H and O–H groups in total. The topological polar surface area (TPSA) is 55.4 Å². The molecule has 0 heterocycles. The van der Waals surface area contributed by atoms with Crippen molar-refractivity contribution >= 4 is 11.7 Å². The van der Waals surface area contributed by atoms with E-state index in [1.807, 2.05) is 19.1 Å². The summed E-state index contributed by atoms with van der Waals surface area (Å²) in [7, 11) is 0. The van der Waals surface area contributed by atoms with Gasteiger partial charge in [-0.25, -0.2) is 0 Å². The first-order chi connectivity index (χ1) is 12.6. The minimum absolute atomic E-state index is 0.0445. The molecule has 0 bridgehead atoms. The third-order valence-corrected chi connectivity index (χ3v) is 4.87. The number of carbonyl (C=O) groups excluding carboxylic acids is 2. The quantitative estimate of drug-likeness (QED) is 0.792. The van der Waals surface area contributed by atoms with Crippen LogP contribution in [0.25, 0.3) is 0 Å². The molecule has 0 radical (unpaired) electrons. The number of Topliss-reactive ketones (excluding diaryl/α,β-unsaturated/α-hetero) is 1. The van der Waals surface area contributed by atoms with Crippen molar-refractivity contribution < 1.29 is 14.3 Å². The van der Waals surface area contributed by atoms with Crippen molar-refractivity contribution in [3.63, 3.8) is 0 Å². The van der Waals surface area contributed by atoms with Gasteiger partial charge < -0.3 is 10.1 Å². The molecule has 0 spiro atoms. The fraction of sp³-hybridized carbons (Fsp3) is 0.364. The van der Waals surface area contributed by atoms with E-state index in [9.17, 15) is 9.59 Å². The van der Waals surface area contributed by atoms with Gasteiger partial charge in [-0.1, -0.05) is 31.2 Å². The molecule has 0 unspecified atom stereocenters. The Hall–Kier alpha value is -2.62. The Bertz CT molecular complexity index is 782. The maximum atomic E-state index is 12.6. The van der Waals surface area contributed by atoms with Gasteiger partial charge in [0.2, 0.25) is 0 Å². The molecular formula is C22H25NO3. The Morgan fingerprint density at radius 3 is 2.62 bits per heavy atom. The Balaban J connectivity index is 1.61. The predicted molar refractivity (Wildman–Crippen MR) is 101 cm³/mol. The highest BCUT2D eigenvalue weighted by molar-refractivity contribution is 5.95. The van der Waals surface area contributed by atoms with Crippen LogP contribution < -0.4 is 10.1 Å². The second kappa shape index (κ2) is 8.17. The number of aryl methyl sites for hydroxylation is 1. The van der Waals surface area contributed by atoms with Gasteiger partial charge in [-0.15, -0.1) is 0 Å². The highest BCUT2D eigenvalue weighted by Crippen LogP contribution is 2.29. The van der Waals surface area contributed by atoms with Crippen molar-refractivity contribution in [1.82, 2.24) is 5.32 Å². The van der Waals surface area contributed by atoms with E-state index in [1.165, 1.54) is 11.1 Å². The van der Waals surface area contributed by atoms with Gasteiger partial charge in [0.05, 0.1) is 6.04 Å². The van der Waals surface area contributed by atoms with Crippen LogP contribution in [-0.2, 0) is 11.2 Å². The Morgan fingerprint density at radius 2 is 1.88 bits per heavy atom. The molecule has 1 aliphatic carbocycles. The summed E-state index contributed by atoms with van der Waals surface area (Å²) in [6.45, 7) is 3.58. The Labute approximate surface area is 154 Å². The van der Waals surface area contributed by atoms with E-state index in [0.29, 0.717) is 17.7 Å². The number of carbonyl (C=O) groups is 2. The van der Waals surface area contributed by atoms with Gasteiger partial charge in [-0.2, -0.15) is 0 Å². The van der Waals surface area contributed by atoms with E-state index in [-0.39, 0.29) is 17.7 Å². The van der Waals surface area contributed by atoms with Gasteiger partial charge in [-0.3, -0.25) is 9.59 Å². The van der Waals surface area contributed by atoms with Gasteiger partial charge in [0, 0.05) is 12.0 Å². The first-order valence-corrected chi connectivity index (χ1v) is 9.26. The van der Waals surface area contributed by atoms with Crippen molar-refractivity contribution in [2.24, 2.45) is 0 Å². The molecule has 2 atom stereocenters.